The average Bonchev–Trinajstić information content (AvgIpc) is 2.56. The molecule has 0 amide bonds. The van der Waals surface area contributed by atoms with Crippen molar-refractivity contribution < 1.29 is 5.11 Å². The van der Waals surface area contributed by atoms with E-state index in [2.05, 4.69) is 5.10 Å². The molecule has 3 nitrogen and oxygen atoms in total. The van der Waals surface area contributed by atoms with Gasteiger partial charge < -0.3 is 5.11 Å². The number of aromatic nitrogens is 2. The van der Waals surface area contributed by atoms with Crippen LogP contribution in [-0.2, 0) is 7.05 Å². The molecule has 0 saturated heterocycles. The Hall–Kier alpha value is -0.740. The second-order valence-corrected chi connectivity index (χ2v) is 5.16. The third kappa shape index (κ3) is 2.36. The van der Waals surface area contributed by atoms with Gasteiger partial charge >= 0.3 is 0 Å². The Kier molecular flexibility index (Phi) is 3.87. The van der Waals surface area contributed by atoms with Gasteiger partial charge in [-0.05, 0) is 24.6 Å². The molecule has 1 heterocycles. The highest BCUT2D eigenvalue weighted by Gasteiger charge is 2.21. The lowest BCUT2D eigenvalue weighted by atomic mass is 10.0. The summed E-state index contributed by atoms with van der Waals surface area (Å²) in [6.07, 6.45) is -0.874. The Bertz CT molecular complexity index is 595. The van der Waals surface area contributed by atoms with Gasteiger partial charge in [-0.3, -0.25) is 4.68 Å². The zero-order valence-electron chi connectivity index (χ0n) is 9.78. The van der Waals surface area contributed by atoms with Gasteiger partial charge in [0.05, 0.1) is 15.7 Å². The van der Waals surface area contributed by atoms with E-state index in [1.54, 1.807) is 32.2 Å². The van der Waals surface area contributed by atoms with Gasteiger partial charge in [0.2, 0.25) is 0 Å². The van der Waals surface area contributed by atoms with E-state index in [0.29, 0.717) is 32.0 Å². The molecule has 1 N–H and O–H groups in total. The van der Waals surface area contributed by atoms with E-state index >= 15 is 0 Å². The third-order valence-corrected chi connectivity index (χ3v) is 3.92. The second-order valence-electron chi connectivity index (χ2n) is 3.99. The summed E-state index contributed by atoms with van der Waals surface area (Å²) in [4.78, 5) is 0. The highest BCUT2D eigenvalue weighted by Crippen LogP contribution is 2.33. The first-order chi connectivity index (χ1) is 8.41. The maximum atomic E-state index is 10.3. The summed E-state index contributed by atoms with van der Waals surface area (Å²) in [5.74, 6) is 0. The van der Waals surface area contributed by atoms with E-state index < -0.39 is 6.10 Å². The lowest BCUT2D eigenvalue weighted by Gasteiger charge is -2.12. The fourth-order valence-electron chi connectivity index (χ4n) is 1.81. The smallest absolute Gasteiger partial charge is 0.133 e. The molecule has 2 rings (SSSR count). The number of nitrogens with zero attached hydrogens (tertiary/aromatic N) is 2. The van der Waals surface area contributed by atoms with Gasteiger partial charge in [0.25, 0.3) is 0 Å². The predicted octanol–water partition coefficient (Wildman–Crippen LogP) is 3.77. The van der Waals surface area contributed by atoms with Crippen molar-refractivity contribution in [3.63, 3.8) is 0 Å². The molecule has 0 bridgehead atoms. The molecule has 0 aliphatic heterocycles. The molecular formula is C12H11Cl3N2O. The van der Waals surface area contributed by atoms with Crippen LogP contribution in [0.5, 0.6) is 0 Å². The van der Waals surface area contributed by atoms with Gasteiger partial charge in [0, 0.05) is 12.6 Å². The van der Waals surface area contributed by atoms with E-state index in [1.807, 2.05) is 0 Å². The number of rotatable bonds is 2. The number of halogens is 3. The minimum atomic E-state index is -0.874. The van der Waals surface area contributed by atoms with Crippen molar-refractivity contribution in [1.82, 2.24) is 9.78 Å². The Morgan fingerprint density at radius 3 is 2.39 bits per heavy atom. The van der Waals surface area contributed by atoms with E-state index in [1.165, 1.54) is 4.68 Å². The minimum Gasteiger partial charge on any atom is -0.383 e. The number of hydrogen-bond donors (Lipinski definition) is 1. The van der Waals surface area contributed by atoms with E-state index in [-0.39, 0.29) is 0 Å². The van der Waals surface area contributed by atoms with Crippen LogP contribution in [0.2, 0.25) is 15.2 Å². The van der Waals surface area contributed by atoms with Crippen molar-refractivity contribution >= 4 is 34.8 Å². The molecule has 0 fully saturated rings. The van der Waals surface area contributed by atoms with E-state index in [0.717, 1.165) is 0 Å². The number of aryl methyl sites for hydroxylation is 2. The number of aliphatic hydroxyl groups is 1. The van der Waals surface area contributed by atoms with Crippen LogP contribution in [0.1, 0.15) is 22.9 Å². The zero-order chi connectivity index (χ0) is 13.4. The second kappa shape index (κ2) is 5.10. The average molecular weight is 306 g/mol. The molecule has 1 unspecified atom stereocenters. The van der Waals surface area contributed by atoms with Gasteiger partial charge in [-0.15, -0.1) is 0 Å². The molecule has 1 atom stereocenters. The molecular weight excluding hydrogens is 295 g/mol. The van der Waals surface area contributed by atoms with Crippen molar-refractivity contribution in [2.75, 3.05) is 0 Å². The van der Waals surface area contributed by atoms with Crippen LogP contribution in [0, 0.1) is 6.92 Å². The molecule has 0 spiro atoms. The SMILES string of the molecule is Cc1nn(C)c(Cl)c1C(O)c1ccc(Cl)c(Cl)c1. The van der Waals surface area contributed by atoms with Gasteiger partial charge in [-0.2, -0.15) is 5.10 Å². The summed E-state index contributed by atoms with van der Waals surface area (Å²) < 4.78 is 1.52. The molecule has 0 aliphatic carbocycles. The normalized spacial score (nSPS) is 12.8. The largest absolute Gasteiger partial charge is 0.383 e. The summed E-state index contributed by atoms with van der Waals surface area (Å²) in [5, 5.41) is 15.8. The first-order valence-corrected chi connectivity index (χ1v) is 6.37. The molecule has 6 heteroatoms. The first kappa shape index (κ1) is 13.7. The van der Waals surface area contributed by atoms with Crippen LogP contribution in [0.15, 0.2) is 18.2 Å². The molecule has 2 aromatic rings. The Morgan fingerprint density at radius 2 is 1.89 bits per heavy atom. The summed E-state index contributed by atoms with van der Waals surface area (Å²) in [6, 6.07) is 4.97. The Labute approximate surface area is 120 Å². The van der Waals surface area contributed by atoms with Crippen molar-refractivity contribution in [2.24, 2.45) is 7.05 Å². The van der Waals surface area contributed by atoms with Crippen molar-refractivity contribution in [1.29, 1.82) is 0 Å². The molecule has 18 heavy (non-hydrogen) atoms. The topological polar surface area (TPSA) is 38.0 Å². The molecule has 0 radical (unpaired) electrons. The zero-order valence-corrected chi connectivity index (χ0v) is 12.1. The minimum absolute atomic E-state index is 0.394. The van der Waals surface area contributed by atoms with Crippen LogP contribution in [0.4, 0.5) is 0 Å². The van der Waals surface area contributed by atoms with Gasteiger partial charge in [0.15, 0.2) is 0 Å². The number of hydrogen-bond acceptors (Lipinski definition) is 2. The number of benzene rings is 1. The highest BCUT2D eigenvalue weighted by molar-refractivity contribution is 6.42. The maximum absolute atomic E-state index is 10.3. The summed E-state index contributed by atoms with van der Waals surface area (Å²) in [5.41, 5.74) is 1.89. The van der Waals surface area contributed by atoms with Crippen molar-refractivity contribution in [2.45, 2.75) is 13.0 Å². The standard InChI is InChI=1S/C12H11Cl3N2O/c1-6-10(12(15)17(2)16-6)11(18)7-3-4-8(13)9(14)5-7/h3-5,11,18H,1-2H3. The Morgan fingerprint density at radius 1 is 1.22 bits per heavy atom. The van der Waals surface area contributed by atoms with Crippen LogP contribution in [0.3, 0.4) is 0 Å². The van der Waals surface area contributed by atoms with Crippen molar-refractivity contribution in [3.8, 4) is 0 Å². The quantitative estimate of drug-likeness (QED) is 0.917. The third-order valence-electron chi connectivity index (χ3n) is 2.73. The fourth-order valence-corrected chi connectivity index (χ4v) is 2.39. The van der Waals surface area contributed by atoms with Gasteiger partial charge in [-0.1, -0.05) is 40.9 Å². The molecule has 0 saturated carbocycles. The van der Waals surface area contributed by atoms with Crippen molar-refractivity contribution in [3.05, 3.63) is 50.2 Å². The van der Waals surface area contributed by atoms with Gasteiger partial charge in [-0.25, -0.2) is 0 Å². The summed E-state index contributed by atoms with van der Waals surface area (Å²) in [6.45, 7) is 1.79. The monoisotopic (exact) mass is 304 g/mol. The van der Waals surface area contributed by atoms with Crippen LogP contribution in [-0.4, -0.2) is 14.9 Å². The predicted molar refractivity (Wildman–Crippen MR) is 73.5 cm³/mol. The fraction of sp³-hybridized carbons (Fsp3) is 0.250. The summed E-state index contributed by atoms with van der Waals surface area (Å²) in [7, 11) is 1.72. The number of aliphatic hydroxyl groups excluding tert-OH is 1. The van der Waals surface area contributed by atoms with Crippen LogP contribution < -0.4 is 0 Å². The lowest BCUT2D eigenvalue weighted by Crippen LogP contribution is -2.01. The van der Waals surface area contributed by atoms with Gasteiger partial charge in [0.1, 0.15) is 11.3 Å². The van der Waals surface area contributed by atoms with Crippen LogP contribution >= 0.6 is 34.8 Å². The highest BCUT2D eigenvalue weighted by atomic mass is 35.5. The molecule has 1 aromatic heterocycles. The molecule has 0 aliphatic rings. The molecule has 96 valence electrons. The van der Waals surface area contributed by atoms with Crippen LogP contribution in [0.25, 0.3) is 0 Å². The Balaban J connectivity index is 2.47. The van der Waals surface area contributed by atoms with E-state index in [4.69, 9.17) is 34.8 Å². The lowest BCUT2D eigenvalue weighted by molar-refractivity contribution is 0.219. The maximum Gasteiger partial charge on any atom is 0.133 e. The molecule has 1 aromatic carbocycles. The summed E-state index contributed by atoms with van der Waals surface area (Å²) >= 11 is 17.9. The first-order valence-electron chi connectivity index (χ1n) is 5.23. The van der Waals surface area contributed by atoms with E-state index in [9.17, 15) is 5.11 Å².